The van der Waals surface area contributed by atoms with Crippen molar-refractivity contribution >= 4 is 11.8 Å². The maximum Gasteiger partial charge on any atom is 0.254 e. The van der Waals surface area contributed by atoms with Crippen LogP contribution in [0.4, 0.5) is 0 Å². The van der Waals surface area contributed by atoms with Gasteiger partial charge in [-0.25, -0.2) is 0 Å². The maximum absolute atomic E-state index is 12.2. The van der Waals surface area contributed by atoms with Crippen LogP contribution >= 0.6 is 0 Å². The number of aliphatic hydroxyl groups is 2. The SMILES string of the molecule is O=C(CN1Cc2ccccc2C1=O)N[C@@H]1CCC[C@@H](O)[C@@H]1O. The number of hydrogen-bond acceptors (Lipinski definition) is 4. The third-order valence-corrected chi connectivity index (χ3v) is 4.40. The van der Waals surface area contributed by atoms with E-state index in [-0.39, 0.29) is 18.4 Å². The smallest absolute Gasteiger partial charge is 0.254 e. The number of nitrogens with one attached hydrogen (secondary N) is 1. The van der Waals surface area contributed by atoms with Gasteiger partial charge in [0.2, 0.25) is 5.91 Å². The average Bonchev–Trinajstić information content (AvgIpc) is 2.81. The molecule has 118 valence electrons. The molecule has 0 aromatic heterocycles. The van der Waals surface area contributed by atoms with Crippen molar-refractivity contribution in [2.75, 3.05) is 6.54 Å². The standard InChI is InChI=1S/C16H20N2O4/c19-13-7-3-6-12(15(13)21)17-14(20)9-18-8-10-4-1-2-5-11(10)16(18)22/h1-2,4-5,12-13,15,19,21H,3,6-9H2,(H,17,20)/t12-,13-,15-/m1/s1. The van der Waals surface area contributed by atoms with E-state index in [4.69, 9.17) is 0 Å². The van der Waals surface area contributed by atoms with E-state index in [2.05, 4.69) is 5.32 Å². The molecule has 1 aromatic carbocycles. The number of fused-ring (bicyclic) bond motifs is 1. The molecule has 22 heavy (non-hydrogen) atoms. The van der Waals surface area contributed by atoms with Gasteiger partial charge in [-0.3, -0.25) is 9.59 Å². The number of carbonyl (C=O) groups excluding carboxylic acids is 2. The summed E-state index contributed by atoms with van der Waals surface area (Å²) in [7, 11) is 0. The van der Waals surface area contributed by atoms with Gasteiger partial charge >= 0.3 is 0 Å². The molecule has 3 rings (SSSR count). The van der Waals surface area contributed by atoms with Gasteiger partial charge in [0, 0.05) is 12.1 Å². The van der Waals surface area contributed by atoms with Gasteiger partial charge < -0.3 is 20.4 Å². The van der Waals surface area contributed by atoms with Crippen LogP contribution in [0.3, 0.4) is 0 Å². The Balaban J connectivity index is 1.58. The third kappa shape index (κ3) is 2.84. The number of hydrogen-bond donors (Lipinski definition) is 3. The van der Waals surface area contributed by atoms with Crippen LogP contribution in [-0.2, 0) is 11.3 Å². The van der Waals surface area contributed by atoms with Crippen molar-refractivity contribution in [1.29, 1.82) is 0 Å². The van der Waals surface area contributed by atoms with Gasteiger partial charge in [0.25, 0.3) is 5.91 Å². The van der Waals surface area contributed by atoms with E-state index in [1.54, 1.807) is 12.1 Å². The minimum atomic E-state index is -0.941. The van der Waals surface area contributed by atoms with Crippen LogP contribution in [0, 0.1) is 0 Å². The molecule has 2 aliphatic rings. The first-order valence-electron chi connectivity index (χ1n) is 7.59. The zero-order valence-corrected chi connectivity index (χ0v) is 12.2. The predicted octanol–water partition coefficient (Wildman–Crippen LogP) is 0.0329. The van der Waals surface area contributed by atoms with Crippen LogP contribution in [0.1, 0.15) is 35.2 Å². The molecule has 1 aliphatic heterocycles. The predicted molar refractivity (Wildman–Crippen MR) is 79.0 cm³/mol. The van der Waals surface area contributed by atoms with E-state index < -0.39 is 18.2 Å². The molecule has 0 saturated heterocycles. The lowest BCUT2D eigenvalue weighted by atomic mass is 9.90. The number of amides is 2. The van der Waals surface area contributed by atoms with Gasteiger partial charge in [0.05, 0.1) is 18.2 Å². The van der Waals surface area contributed by atoms with Crippen LogP contribution in [-0.4, -0.2) is 51.7 Å². The van der Waals surface area contributed by atoms with Gasteiger partial charge in [0.1, 0.15) is 6.54 Å². The highest BCUT2D eigenvalue weighted by molar-refractivity contribution is 6.00. The largest absolute Gasteiger partial charge is 0.390 e. The Morgan fingerprint density at radius 2 is 2.05 bits per heavy atom. The van der Waals surface area contributed by atoms with Crippen LogP contribution in [0.15, 0.2) is 24.3 Å². The molecular weight excluding hydrogens is 284 g/mol. The molecule has 1 heterocycles. The minimum absolute atomic E-state index is 0.0349. The second kappa shape index (κ2) is 6.06. The maximum atomic E-state index is 12.2. The molecule has 6 nitrogen and oxygen atoms in total. The van der Waals surface area contributed by atoms with Crippen molar-refractivity contribution in [2.24, 2.45) is 0 Å². The third-order valence-electron chi connectivity index (χ3n) is 4.40. The van der Waals surface area contributed by atoms with Crippen molar-refractivity contribution in [3.8, 4) is 0 Å². The number of rotatable bonds is 3. The lowest BCUT2D eigenvalue weighted by Crippen LogP contribution is -2.52. The lowest BCUT2D eigenvalue weighted by Gasteiger charge is -2.32. The number of carbonyl (C=O) groups is 2. The van der Waals surface area contributed by atoms with Crippen LogP contribution < -0.4 is 5.32 Å². The average molecular weight is 304 g/mol. The summed E-state index contributed by atoms with van der Waals surface area (Å²) >= 11 is 0. The van der Waals surface area contributed by atoms with Crippen LogP contribution in [0.2, 0.25) is 0 Å². The van der Waals surface area contributed by atoms with E-state index in [0.29, 0.717) is 24.9 Å². The number of nitrogens with zero attached hydrogens (tertiary/aromatic N) is 1. The molecular formula is C16H20N2O4. The Morgan fingerprint density at radius 3 is 2.82 bits per heavy atom. The van der Waals surface area contributed by atoms with Crippen molar-refractivity contribution < 1.29 is 19.8 Å². The molecule has 2 amide bonds. The van der Waals surface area contributed by atoms with E-state index in [9.17, 15) is 19.8 Å². The molecule has 1 saturated carbocycles. The normalized spacial score (nSPS) is 27.6. The van der Waals surface area contributed by atoms with Gasteiger partial charge in [-0.2, -0.15) is 0 Å². The first-order valence-corrected chi connectivity index (χ1v) is 7.59. The van der Waals surface area contributed by atoms with E-state index in [1.807, 2.05) is 12.1 Å². The summed E-state index contributed by atoms with van der Waals surface area (Å²) in [5.74, 6) is -0.450. The lowest BCUT2D eigenvalue weighted by molar-refractivity contribution is -0.125. The molecule has 1 fully saturated rings. The summed E-state index contributed by atoms with van der Waals surface area (Å²) < 4.78 is 0. The minimum Gasteiger partial charge on any atom is -0.390 e. The first kappa shape index (κ1) is 15.0. The zero-order valence-electron chi connectivity index (χ0n) is 12.2. The highest BCUT2D eigenvalue weighted by Gasteiger charge is 2.33. The number of aliphatic hydroxyl groups excluding tert-OH is 2. The van der Waals surface area contributed by atoms with Crippen LogP contribution in [0.25, 0.3) is 0 Å². The molecule has 1 aromatic rings. The summed E-state index contributed by atoms with van der Waals surface area (Å²) in [4.78, 5) is 25.8. The molecule has 0 bridgehead atoms. The molecule has 3 N–H and O–H groups in total. The van der Waals surface area contributed by atoms with Crippen molar-refractivity contribution in [3.63, 3.8) is 0 Å². The summed E-state index contributed by atoms with van der Waals surface area (Å²) in [6, 6.07) is 6.87. The quantitative estimate of drug-likeness (QED) is 0.735. The Hall–Kier alpha value is -1.92. The fourth-order valence-electron chi connectivity index (χ4n) is 3.18. The topological polar surface area (TPSA) is 89.9 Å². The summed E-state index contributed by atoms with van der Waals surface area (Å²) in [6.07, 6.45) is 0.212. The summed E-state index contributed by atoms with van der Waals surface area (Å²) in [6.45, 7) is 0.394. The molecule has 0 radical (unpaired) electrons. The number of benzene rings is 1. The molecule has 0 unspecified atom stereocenters. The Bertz CT molecular complexity index is 589. The Kier molecular flexibility index (Phi) is 4.13. The fraction of sp³-hybridized carbons (Fsp3) is 0.500. The fourth-order valence-corrected chi connectivity index (χ4v) is 3.18. The zero-order chi connectivity index (χ0) is 15.7. The van der Waals surface area contributed by atoms with E-state index >= 15 is 0 Å². The van der Waals surface area contributed by atoms with E-state index in [1.165, 1.54) is 4.90 Å². The Labute approximate surface area is 128 Å². The highest BCUT2D eigenvalue weighted by atomic mass is 16.3. The second-order valence-electron chi connectivity index (χ2n) is 5.98. The first-order chi connectivity index (χ1) is 10.6. The summed E-state index contributed by atoms with van der Waals surface area (Å²) in [5, 5.41) is 22.3. The Morgan fingerprint density at radius 1 is 1.27 bits per heavy atom. The highest BCUT2D eigenvalue weighted by Crippen LogP contribution is 2.22. The molecule has 1 aliphatic carbocycles. The molecule has 3 atom stereocenters. The van der Waals surface area contributed by atoms with Crippen LogP contribution in [0.5, 0.6) is 0 Å². The van der Waals surface area contributed by atoms with Gasteiger partial charge in [-0.05, 0) is 30.9 Å². The van der Waals surface area contributed by atoms with Gasteiger partial charge in [0.15, 0.2) is 0 Å². The van der Waals surface area contributed by atoms with Crippen molar-refractivity contribution in [1.82, 2.24) is 10.2 Å². The van der Waals surface area contributed by atoms with Gasteiger partial charge in [-0.1, -0.05) is 18.2 Å². The molecule has 0 spiro atoms. The monoisotopic (exact) mass is 304 g/mol. The molecule has 6 heteroatoms. The van der Waals surface area contributed by atoms with Gasteiger partial charge in [-0.15, -0.1) is 0 Å². The second-order valence-corrected chi connectivity index (χ2v) is 5.98. The van der Waals surface area contributed by atoms with E-state index in [0.717, 1.165) is 12.0 Å². The summed E-state index contributed by atoms with van der Waals surface area (Å²) in [5.41, 5.74) is 1.57. The van der Waals surface area contributed by atoms with Crippen molar-refractivity contribution in [2.45, 2.75) is 44.1 Å². The van der Waals surface area contributed by atoms with Crippen molar-refractivity contribution in [3.05, 3.63) is 35.4 Å².